The monoisotopic (exact) mass is 620 g/mol. The van der Waals surface area contributed by atoms with Crippen molar-refractivity contribution in [1.29, 1.82) is 0 Å². The Balaban J connectivity index is 1.40. The van der Waals surface area contributed by atoms with Gasteiger partial charge in [0.05, 0.1) is 51.1 Å². The molecule has 5 rings (SSSR count). The Bertz CT molecular complexity index is 1500. The zero-order valence-electron chi connectivity index (χ0n) is 26.2. The van der Waals surface area contributed by atoms with Gasteiger partial charge in [-0.25, -0.2) is 0 Å². The number of amides is 3. The van der Waals surface area contributed by atoms with Crippen molar-refractivity contribution in [3.63, 3.8) is 0 Å². The van der Waals surface area contributed by atoms with Gasteiger partial charge in [0.15, 0.2) is 11.5 Å². The first kappa shape index (κ1) is 32.0. The Hall–Kier alpha value is -4.42. The molecule has 0 unspecified atom stereocenters. The molecule has 2 aliphatic rings. The van der Waals surface area contributed by atoms with E-state index in [2.05, 4.69) is 10.5 Å². The predicted octanol–water partition coefficient (Wildman–Crippen LogP) is 2.97. The number of carbonyl (C=O) groups is 3. The normalized spacial score (nSPS) is 19.3. The second-order valence-corrected chi connectivity index (χ2v) is 11.3. The van der Waals surface area contributed by atoms with E-state index in [-0.39, 0.29) is 63.4 Å². The summed E-state index contributed by atoms with van der Waals surface area (Å²) in [7, 11) is 3.13. The maximum atomic E-state index is 13.4. The molecule has 1 saturated heterocycles. The summed E-state index contributed by atoms with van der Waals surface area (Å²) in [4.78, 5) is 43.2. The molecule has 0 spiro atoms. The highest BCUT2D eigenvalue weighted by molar-refractivity contribution is 5.85. The highest BCUT2D eigenvalue weighted by Gasteiger charge is 2.37. The summed E-state index contributed by atoms with van der Waals surface area (Å²) in [5, 5.41) is 7.00. The van der Waals surface area contributed by atoms with Crippen molar-refractivity contribution in [2.45, 2.75) is 51.9 Å². The van der Waals surface area contributed by atoms with Crippen LogP contribution in [0.2, 0.25) is 0 Å². The van der Waals surface area contributed by atoms with Crippen LogP contribution in [0, 0.1) is 13.8 Å². The number of benzene rings is 2. The first-order chi connectivity index (χ1) is 21.7. The third-order valence-corrected chi connectivity index (χ3v) is 8.17. The van der Waals surface area contributed by atoms with Gasteiger partial charge in [0, 0.05) is 38.7 Å². The van der Waals surface area contributed by atoms with Gasteiger partial charge in [-0.2, -0.15) is 0 Å². The molecule has 3 heterocycles. The lowest BCUT2D eigenvalue weighted by molar-refractivity contribution is -0.137. The minimum absolute atomic E-state index is 0.115. The summed E-state index contributed by atoms with van der Waals surface area (Å²) in [5.41, 5.74) is 3.19. The molecule has 1 aromatic heterocycles. The molecule has 1 N–H and O–H groups in total. The van der Waals surface area contributed by atoms with Crippen LogP contribution in [0.4, 0.5) is 0 Å². The Morgan fingerprint density at radius 2 is 1.91 bits per heavy atom. The van der Waals surface area contributed by atoms with Gasteiger partial charge in [-0.05, 0) is 55.7 Å². The molecule has 2 aliphatic heterocycles. The average Bonchev–Trinajstić information content (AvgIpc) is 3.58. The van der Waals surface area contributed by atoms with E-state index in [4.69, 9.17) is 23.5 Å². The fourth-order valence-electron chi connectivity index (χ4n) is 5.62. The largest absolute Gasteiger partial charge is 0.493 e. The van der Waals surface area contributed by atoms with Gasteiger partial charge >= 0.3 is 0 Å². The molecule has 4 bridgehead atoms. The van der Waals surface area contributed by atoms with E-state index in [1.54, 1.807) is 33.0 Å². The minimum Gasteiger partial charge on any atom is -0.493 e. The van der Waals surface area contributed by atoms with Gasteiger partial charge in [0.25, 0.3) is 0 Å². The van der Waals surface area contributed by atoms with Crippen LogP contribution in [0.5, 0.6) is 17.2 Å². The standard InChI is InChI=1S/C33H40N4O8/c1-21-26(22(2)45-35-21)16-33(40)37-17-27-30(18-37)43-20-24-6-5-7-25(14-24)44-29-15-23(8-10-28(29)42-4)9-11-32(39)36(12-13-41-3)19-31(38)34-27/h5-8,10,14-15,27,30H,9,11-13,16-20H2,1-4H3,(H,34,38)/t27-,30-/m0/s1. The van der Waals surface area contributed by atoms with Crippen molar-refractivity contribution in [3.05, 3.63) is 70.6 Å². The van der Waals surface area contributed by atoms with Gasteiger partial charge in [-0.15, -0.1) is 0 Å². The highest BCUT2D eigenvalue weighted by atomic mass is 16.5. The van der Waals surface area contributed by atoms with Crippen molar-refractivity contribution >= 4 is 17.7 Å². The number of likely N-dealkylation sites (tertiary alicyclic amines) is 1. The molecule has 0 saturated carbocycles. The topological polar surface area (TPSA) is 133 Å². The van der Waals surface area contributed by atoms with Gasteiger partial charge in [0.1, 0.15) is 11.5 Å². The van der Waals surface area contributed by atoms with E-state index >= 15 is 0 Å². The number of aryl methyl sites for hydroxylation is 3. The van der Waals surface area contributed by atoms with Crippen molar-refractivity contribution < 1.29 is 37.9 Å². The van der Waals surface area contributed by atoms with E-state index in [1.165, 1.54) is 4.90 Å². The molecule has 2 aromatic carbocycles. The van der Waals surface area contributed by atoms with Crippen LogP contribution in [0.15, 0.2) is 47.0 Å². The van der Waals surface area contributed by atoms with Crippen LogP contribution >= 0.6 is 0 Å². The number of methoxy groups -OCH3 is 2. The number of fused-ring (bicyclic) bond motifs is 5. The van der Waals surface area contributed by atoms with Gasteiger partial charge in [-0.3, -0.25) is 14.4 Å². The van der Waals surface area contributed by atoms with E-state index in [9.17, 15) is 14.4 Å². The van der Waals surface area contributed by atoms with Crippen molar-refractivity contribution in [2.24, 2.45) is 0 Å². The smallest absolute Gasteiger partial charge is 0.239 e. The number of aromatic nitrogens is 1. The molecule has 45 heavy (non-hydrogen) atoms. The van der Waals surface area contributed by atoms with E-state index in [1.807, 2.05) is 42.5 Å². The lowest BCUT2D eigenvalue weighted by Gasteiger charge is -2.25. The number of rotatable bonds is 6. The number of hydrogen-bond donors (Lipinski definition) is 1. The zero-order valence-corrected chi connectivity index (χ0v) is 26.2. The first-order valence-electron chi connectivity index (χ1n) is 15.0. The van der Waals surface area contributed by atoms with Gasteiger partial charge in [0.2, 0.25) is 17.7 Å². The molecular weight excluding hydrogens is 580 g/mol. The Labute approximate surface area is 262 Å². The highest BCUT2D eigenvalue weighted by Crippen LogP contribution is 2.33. The summed E-state index contributed by atoms with van der Waals surface area (Å²) in [6.45, 7) is 4.79. The molecule has 2 atom stereocenters. The molecular formula is C33H40N4O8. The van der Waals surface area contributed by atoms with Crippen LogP contribution in [-0.4, -0.2) is 91.8 Å². The molecule has 240 valence electrons. The summed E-state index contributed by atoms with van der Waals surface area (Å²) in [5.74, 6) is 1.67. The van der Waals surface area contributed by atoms with Crippen molar-refractivity contribution in [2.75, 3.05) is 47.0 Å². The van der Waals surface area contributed by atoms with E-state index in [0.717, 1.165) is 16.7 Å². The average molecular weight is 621 g/mol. The fourth-order valence-corrected chi connectivity index (χ4v) is 5.62. The van der Waals surface area contributed by atoms with Gasteiger partial charge in [-0.1, -0.05) is 23.4 Å². The summed E-state index contributed by atoms with van der Waals surface area (Å²) >= 11 is 0. The van der Waals surface area contributed by atoms with Crippen LogP contribution < -0.4 is 14.8 Å². The predicted molar refractivity (Wildman–Crippen MR) is 163 cm³/mol. The summed E-state index contributed by atoms with van der Waals surface area (Å²) < 4.78 is 28.6. The second-order valence-electron chi connectivity index (χ2n) is 11.3. The third kappa shape index (κ3) is 8.00. The molecule has 12 heteroatoms. The van der Waals surface area contributed by atoms with E-state index < -0.39 is 12.1 Å². The van der Waals surface area contributed by atoms with Gasteiger partial charge < -0.3 is 38.6 Å². The molecule has 0 aliphatic carbocycles. The van der Waals surface area contributed by atoms with Crippen LogP contribution in [0.1, 0.15) is 34.6 Å². The van der Waals surface area contributed by atoms with Crippen LogP contribution in [0.25, 0.3) is 0 Å². The van der Waals surface area contributed by atoms with Crippen LogP contribution in [0.3, 0.4) is 0 Å². The number of carbonyl (C=O) groups excluding carboxylic acids is 3. The maximum Gasteiger partial charge on any atom is 0.239 e. The number of nitrogens with zero attached hydrogens (tertiary/aromatic N) is 3. The Kier molecular flexibility index (Phi) is 10.4. The summed E-state index contributed by atoms with van der Waals surface area (Å²) in [6.07, 6.45) is 0.297. The lowest BCUT2D eigenvalue weighted by atomic mass is 10.1. The Morgan fingerprint density at radius 3 is 2.67 bits per heavy atom. The maximum absolute atomic E-state index is 13.4. The second kappa shape index (κ2) is 14.6. The quantitative estimate of drug-likeness (QED) is 0.442. The number of nitrogens with one attached hydrogen (secondary N) is 1. The van der Waals surface area contributed by atoms with Crippen LogP contribution in [-0.2, 0) is 43.3 Å². The molecule has 0 radical (unpaired) electrons. The molecule has 1 fully saturated rings. The summed E-state index contributed by atoms with van der Waals surface area (Å²) in [6, 6.07) is 12.6. The van der Waals surface area contributed by atoms with Crippen molar-refractivity contribution in [1.82, 2.24) is 20.3 Å². The number of ether oxygens (including phenoxy) is 4. The SMILES string of the molecule is COCCN1CC(=O)N[C@H]2CN(C(=O)Cc3c(C)noc3C)C[C@@H]2OCc2cccc(c2)Oc2cc(ccc2OC)CCC1=O. The molecule has 12 nitrogen and oxygen atoms in total. The van der Waals surface area contributed by atoms with E-state index in [0.29, 0.717) is 41.7 Å². The lowest BCUT2D eigenvalue weighted by Crippen LogP contribution is -2.49. The molecule has 3 aromatic rings. The first-order valence-corrected chi connectivity index (χ1v) is 15.0. The Morgan fingerprint density at radius 1 is 1.07 bits per heavy atom. The van der Waals surface area contributed by atoms with Crippen molar-refractivity contribution in [3.8, 4) is 17.2 Å². The zero-order chi connectivity index (χ0) is 31.9. The molecule has 3 amide bonds. The number of hydrogen-bond acceptors (Lipinski definition) is 9. The minimum atomic E-state index is -0.481. The third-order valence-electron chi connectivity index (χ3n) is 8.17. The fraction of sp³-hybridized carbons (Fsp3) is 0.455.